The molecule has 2 bridgehead atoms. The molecular formula is C15H16N2O2. The van der Waals surface area contributed by atoms with Crippen molar-refractivity contribution in [1.29, 1.82) is 0 Å². The van der Waals surface area contributed by atoms with Gasteiger partial charge in [-0.05, 0) is 36.8 Å². The fraction of sp³-hybridized carbons (Fsp3) is 0.333. The minimum Gasteiger partial charge on any atom is -0.507 e. The molecule has 0 spiro atoms. The molecule has 1 aromatic rings. The first kappa shape index (κ1) is 12.0. The zero-order valence-corrected chi connectivity index (χ0v) is 10.5. The van der Waals surface area contributed by atoms with Crippen molar-refractivity contribution in [2.45, 2.75) is 12.8 Å². The molecule has 98 valence electrons. The van der Waals surface area contributed by atoms with Gasteiger partial charge in [-0.25, -0.2) is 5.43 Å². The standard InChI is InChI=1S/C15H16N2O2/c18-14-4-2-1-3-13(14)15(19)17-16-9-12-8-10-5-6-11(12)7-10/h1-6,9-12,18H,7-8H2,(H,17,19)/b16-9-/t10-,11-,12-/m0/s1. The first-order valence-electron chi connectivity index (χ1n) is 6.54. The topological polar surface area (TPSA) is 61.7 Å². The lowest BCUT2D eigenvalue weighted by atomic mass is 9.95. The predicted octanol–water partition coefficient (Wildman–Crippen LogP) is 2.32. The molecule has 0 saturated heterocycles. The Labute approximate surface area is 111 Å². The fourth-order valence-electron chi connectivity index (χ4n) is 2.91. The summed E-state index contributed by atoms with van der Waals surface area (Å²) in [5.74, 6) is 1.29. The van der Waals surface area contributed by atoms with Crippen molar-refractivity contribution < 1.29 is 9.90 Å². The average Bonchev–Trinajstić information content (AvgIpc) is 3.01. The molecule has 3 atom stereocenters. The molecule has 1 amide bonds. The summed E-state index contributed by atoms with van der Waals surface area (Å²) < 4.78 is 0. The number of para-hydroxylation sites is 1. The molecule has 1 fully saturated rings. The van der Waals surface area contributed by atoms with Crippen molar-refractivity contribution in [3.63, 3.8) is 0 Å². The normalized spacial score (nSPS) is 28.1. The van der Waals surface area contributed by atoms with Crippen LogP contribution in [-0.2, 0) is 0 Å². The van der Waals surface area contributed by atoms with E-state index >= 15 is 0 Å². The van der Waals surface area contributed by atoms with Crippen LogP contribution in [0.3, 0.4) is 0 Å². The summed E-state index contributed by atoms with van der Waals surface area (Å²) in [7, 11) is 0. The highest BCUT2D eigenvalue weighted by Crippen LogP contribution is 2.42. The van der Waals surface area contributed by atoms with Gasteiger partial charge in [-0.1, -0.05) is 24.3 Å². The maximum atomic E-state index is 11.8. The van der Waals surface area contributed by atoms with Gasteiger partial charge in [0, 0.05) is 12.1 Å². The van der Waals surface area contributed by atoms with Crippen molar-refractivity contribution in [2.75, 3.05) is 0 Å². The molecule has 0 unspecified atom stereocenters. The van der Waals surface area contributed by atoms with E-state index in [1.54, 1.807) is 18.2 Å². The number of hydrazone groups is 1. The molecule has 4 heteroatoms. The van der Waals surface area contributed by atoms with Gasteiger partial charge in [0.1, 0.15) is 5.75 Å². The first-order chi connectivity index (χ1) is 9.24. The molecule has 0 aliphatic heterocycles. The molecule has 0 aromatic heterocycles. The third kappa shape index (κ3) is 2.38. The minimum absolute atomic E-state index is 0.0296. The molecule has 2 N–H and O–H groups in total. The predicted molar refractivity (Wildman–Crippen MR) is 72.9 cm³/mol. The lowest BCUT2D eigenvalue weighted by Gasteiger charge is -2.12. The van der Waals surface area contributed by atoms with Crippen molar-refractivity contribution in [1.82, 2.24) is 5.43 Å². The Morgan fingerprint density at radius 3 is 2.84 bits per heavy atom. The van der Waals surface area contributed by atoms with Gasteiger partial charge in [0.15, 0.2) is 0 Å². The smallest absolute Gasteiger partial charge is 0.275 e. The number of amides is 1. The van der Waals surface area contributed by atoms with E-state index in [1.807, 2.05) is 6.21 Å². The molecule has 4 nitrogen and oxygen atoms in total. The van der Waals surface area contributed by atoms with Crippen LogP contribution in [0.5, 0.6) is 5.75 Å². The number of nitrogens with one attached hydrogen (secondary N) is 1. The second-order valence-electron chi connectivity index (χ2n) is 5.18. The quantitative estimate of drug-likeness (QED) is 0.495. The van der Waals surface area contributed by atoms with E-state index < -0.39 is 0 Å². The van der Waals surface area contributed by atoms with Crippen LogP contribution >= 0.6 is 0 Å². The number of benzene rings is 1. The number of nitrogens with zero attached hydrogens (tertiary/aromatic N) is 1. The van der Waals surface area contributed by atoms with E-state index in [1.165, 1.54) is 12.5 Å². The highest BCUT2D eigenvalue weighted by molar-refractivity contribution is 5.96. The summed E-state index contributed by atoms with van der Waals surface area (Å²) >= 11 is 0. The highest BCUT2D eigenvalue weighted by Gasteiger charge is 2.34. The van der Waals surface area contributed by atoms with Crippen LogP contribution in [0.15, 0.2) is 41.5 Å². The second-order valence-corrected chi connectivity index (χ2v) is 5.18. The van der Waals surface area contributed by atoms with Crippen molar-refractivity contribution in [3.05, 3.63) is 42.0 Å². The molecule has 1 aromatic carbocycles. The zero-order chi connectivity index (χ0) is 13.2. The van der Waals surface area contributed by atoms with E-state index in [-0.39, 0.29) is 17.2 Å². The number of hydrogen-bond acceptors (Lipinski definition) is 3. The van der Waals surface area contributed by atoms with Gasteiger partial charge in [0.2, 0.25) is 0 Å². The number of fused-ring (bicyclic) bond motifs is 2. The van der Waals surface area contributed by atoms with Crippen LogP contribution in [0.1, 0.15) is 23.2 Å². The highest BCUT2D eigenvalue weighted by atomic mass is 16.3. The lowest BCUT2D eigenvalue weighted by molar-refractivity contribution is 0.0952. The Hall–Kier alpha value is -2.10. The Morgan fingerprint density at radius 1 is 1.32 bits per heavy atom. The van der Waals surface area contributed by atoms with Crippen molar-refractivity contribution in [3.8, 4) is 5.75 Å². The number of aromatic hydroxyl groups is 1. The number of hydrogen-bond donors (Lipinski definition) is 2. The molecule has 2 aliphatic rings. The molecule has 0 heterocycles. The number of phenolic OH excluding ortho intramolecular Hbond substituents is 1. The van der Waals surface area contributed by atoms with E-state index in [0.717, 1.165) is 6.42 Å². The van der Waals surface area contributed by atoms with E-state index in [9.17, 15) is 9.90 Å². The van der Waals surface area contributed by atoms with Crippen LogP contribution in [0.2, 0.25) is 0 Å². The molecule has 0 radical (unpaired) electrons. The van der Waals surface area contributed by atoms with Crippen LogP contribution < -0.4 is 5.43 Å². The van der Waals surface area contributed by atoms with Gasteiger partial charge in [0.25, 0.3) is 5.91 Å². The molecule has 3 rings (SSSR count). The SMILES string of the molecule is O=C(N/N=C\[C@@H]1C[C@H]2C=C[C@H]1C2)c1ccccc1O. The molecule has 1 saturated carbocycles. The zero-order valence-electron chi connectivity index (χ0n) is 10.5. The molecular weight excluding hydrogens is 240 g/mol. The summed E-state index contributed by atoms with van der Waals surface area (Å²) in [5.41, 5.74) is 2.72. The number of carbonyl (C=O) groups is 1. The molecule has 19 heavy (non-hydrogen) atoms. The average molecular weight is 256 g/mol. The third-order valence-corrected chi connectivity index (χ3v) is 3.91. The second kappa shape index (κ2) is 4.88. The number of allylic oxidation sites excluding steroid dienone is 2. The van der Waals surface area contributed by atoms with E-state index in [2.05, 4.69) is 22.7 Å². The van der Waals surface area contributed by atoms with Gasteiger partial charge >= 0.3 is 0 Å². The van der Waals surface area contributed by atoms with Crippen LogP contribution in [-0.4, -0.2) is 17.2 Å². The molecule has 2 aliphatic carbocycles. The van der Waals surface area contributed by atoms with E-state index in [4.69, 9.17) is 0 Å². The Balaban J connectivity index is 1.59. The van der Waals surface area contributed by atoms with E-state index in [0.29, 0.717) is 17.8 Å². The monoisotopic (exact) mass is 256 g/mol. The lowest BCUT2D eigenvalue weighted by Crippen LogP contribution is -2.19. The summed E-state index contributed by atoms with van der Waals surface area (Å²) in [6, 6.07) is 6.44. The van der Waals surface area contributed by atoms with Crippen molar-refractivity contribution >= 4 is 12.1 Å². The van der Waals surface area contributed by atoms with Gasteiger partial charge in [-0.15, -0.1) is 0 Å². The fourth-order valence-corrected chi connectivity index (χ4v) is 2.91. The summed E-state index contributed by atoms with van der Waals surface area (Å²) in [5, 5.41) is 13.6. The summed E-state index contributed by atoms with van der Waals surface area (Å²) in [6.07, 6.45) is 8.68. The van der Waals surface area contributed by atoms with Gasteiger partial charge < -0.3 is 5.11 Å². The third-order valence-electron chi connectivity index (χ3n) is 3.91. The Bertz CT molecular complexity index is 551. The number of rotatable bonds is 3. The van der Waals surface area contributed by atoms with Gasteiger partial charge in [-0.2, -0.15) is 5.10 Å². The number of phenols is 1. The van der Waals surface area contributed by atoms with Crippen molar-refractivity contribution in [2.24, 2.45) is 22.9 Å². The van der Waals surface area contributed by atoms with Gasteiger partial charge in [-0.3, -0.25) is 4.79 Å². The minimum atomic E-state index is -0.381. The van der Waals surface area contributed by atoms with Gasteiger partial charge in [0.05, 0.1) is 5.56 Å². The largest absolute Gasteiger partial charge is 0.507 e. The Kier molecular flexibility index (Phi) is 3.07. The summed E-state index contributed by atoms with van der Waals surface area (Å²) in [6.45, 7) is 0. The number of carbonyl (C=O) groups excluding carboxylic acids is 1. The maximum absolute atomic E-state index is 11.8. The van der Waals surface area contributed by atoms with Crippen LogP contribution in [0, 0.1) is 17.8 Å². The summed E-state index contributed by atoms with van der Waals surface area (Å²) in [4.78, 5) is 11.8. The maximum Gasteiger partial charge on any atom is 0.275 e. The first-order valence-corrected chi connectivity index (χ1v) is 6.54. The van der Waals surface area contributed by atoms with Crippen LogP contribution in [0.4, 0.5) is 0 Å². The Morgan fingerprint density at radius 2 is 2.16 bits per heavy atom. The van der Waals surface area contributed by atoms with Crippen LogP contribution in [0.25, 0.3) is 0 Å².